The zero-order valence-electron chi connectivity index (χ0n) is 12.9. The molecule has 118 valence electrons. The first-order valence-electron chi connectivity index (χ1n) is 8.13. The van der Waals surface area contributed by atoms with Gasteiger partial charge in [0.05, 0.1) is 0 Å². The highest BCUT2D eigenvalue weighted by Gasteiger charge is 2.30. The Labute approximate surface area is 129 Å². The fraction of sp³-hybridized carbons (Fsp3) is 0.938. The van der Waals surface area contributed by atoms with E-state index in [1.54, 1.807) is 0 Å². The number of amides is 1. The molecule has 2 aliphatic rings. The van der Waals surface area contributed by atoms with Gasteiger partial charge in [0.15, 0.2) is 0 Å². The summed E-state index contributed by atoms with van der Waals surface area (Å²) in [6.45, 7) is 4.58. The molecule has 0 saturated heterocycles. The van der Waals surface area contributed by atoms with Crippen molar-refractivity contribution in [1.29, 1.82) is 0 Å². The third-order valence-electron chi connectivity index (χ3n) is 5.47. The summed E-state index contributed by atoms with van der Waals surface area (Å²) >= 11 is 0. The summed E-state index contributed by atoms with van der Waals surface area (Å²) in [4.78, 5) is 12.2. The van der Waals surface area contributed by atoms with Gasteiger partial charge < -0.3 is 11.1 Å². The Morgan fingerprint density at radius 1 is 1.10 bits per heavy atom. The minimum atomic E-state index is 0. The second-order valence-electron chi connectivity index (χ2n) is 6.85. The third-order valence-corrected chi connectivity index (χ3v) is 5.47. The van der Waals surface area contributed by atoms with E-state index >= 15 is 0 Å². The summed E-state index contributed by atoms with van der Waals surface area (Å²) in [7, 11) is 0. The molecular weight excluding hydrogens is 272 g/mol. The Kier molecular flexibility index (Phi) is 7.32. The lowest BCUT2D eigenvalue weighted by Gasteiger charge is -2.35. The maximum atomic E-state index is 12.2. The Morgan fingerprint density at radius 2 is 1.80 bits per heavy atom. The van der Waals surface area contributed by atoms with Crippen LogP contribution in [-0.4, -0.2) is 18.0 Å². The summed E-state index contributed by atoms with van der Waals surface area (Å²) in [6, 6.07) is 0.623. The molecule has 2 aliphatic carbocycles. The molecule has 3 N–H and O–H groups in total. The van der Waals surface area contributed by atoms with E-state index in [-0.39, 0.29) is 24.4 Å². The van der Waals surface area contributed by atoms with Gasteiger partial charge in [0.2, 0.25) is 5.91 Å². The van der Waals surface area contributed by atoms with Crippen molar-refractivity contribution in [2.75, 3.05) is 0 Å². The molecule has 0 radical (unpaired) electrons. The first-order chi connectivity index (χ1) is 9.08. The van der Waals surface area contributed by atoms with Crippen molar-refractivity contribution in [3.63, 3.8) is 0 Å². The van der Waals surface area contributed by atoms with Gasteiger partial charge in [-0.1, -0.05) is 39.5 Å². The molecule has 2 rings (SSSR count). The summed E-state index contributed by atoms with van der Waals surface area (Å²) in [5.41, 5.74) is 6.13. The molecule has 0 heterocycles. The van der Waals surface area contributed by atoms with E-state index in [9.17, 15) is 4.79 Å². The number of carbonyl (C=O) groups excluding carboxylic acids is 1. The molecule has 0 bridgehead atoms. The number of nitrogens with one attached hydrogen (secondary N) is 1. The van der Waals surface area contributed by atoms with Crippen molar-refractivity contribution in [1.82, 2.24) is 5.32 Å². The van der Waals surface area contributed by atoms with Crippen LogP contribution in [0.3, 0.4) is 0 Å². The van der Waals surface area contributed by atoms with Crippen LogP contribution < -0.4 is 11.1 Å². The number of rotatable bonds is 3. The van der Waals surface area contributed by atoms with Crippen LogP contribution in [0.5, 0.6) is 0 Å². The Bertz CT molecular complexity index is 311. The first kappa shape index (κ1) is 17.8. The quantitative estimate of drug-likeness (QED) is 0.841. The van der Waals surface area contributed by atoms with Crippen LogP contribution in [0.1, 0.15) is 65.2 Å². The second kappa shape index (κ2) is 8.23. The molecule has 0 aromatic heterocycles. The maximum Gasteiger partial charge on any atom is 0.220 e. The van der Waals surface area contributed by atoms with E-state index in [1.807, 2.05) is 0 Å². The molecule has 0 aromatic rings. The fourth-order valence-electron chi connectivity index (χ4n) is 3.78. The predicted octanol–water partition coefficient (Wildman–Crippen LogP) is 3.26. The molecule has 5 unspecified atom stereocenters. The Balaban J connectivity index is 0.00000200. The van der Waals surface area contributed by atoms with Gasteiger partial charge >= 0.3 is 0 Å². The molecule has 1 amide bonds. The van der Waals surface area contributed by atoms with Crippen molar-refractivity contribution in [3.05, 3.63) is 0 Å². The maximum absolute atomic E-state index is 12.2. The molecule has 0 spiro atoms. The van der Waals surface area contributed by atoms with Crippen molar-refractivity contribution >= 4 is 18.3 Å². The van der Waals surface area contributed by atoms with Gasteiger partial charge in [0, 0.05) is 18.5 Å². The first-order valence-corrected chi connectivity index (χ1v) is 8.13. The summed E-state index contributed by atoms with van der Waals surface area (Å²) in [6.07, 6.45) is 9.03. The van der Waals surface area contributed by atoms with E-state index < -0.39 is 0 Å². The normalized spacial score (nSPS) is 37.9. The second-order valence-corrected chi connectivity index (χ2v) is 6.85. The molecule has 0 aliphatic heterocycles. The van der Waals surface area contributed by atoms with Crippen LogP contribution >= 0.6 is 12.4 Å². The van der Waals surface area contributed by atoms with Gasteiger partial charge in [-0.2, -0.15) is 0 Å². The highest BCUT2D eigenvalue weighted by molar-refractivity contribution is 5.85. The van der Waals surface area contributed by atoms with E-state index in [2.05, 4.69) is 19.2 Å². The zero-order chi connectivity index (χ0) is 13.8. The van der Waals surface area contributed by atoms with Gasteiger partial charge in [0.1, 0.15) is 0 Å². The molecule has 5 atom stereocenters. The minimum Gasteiger partial charge on any atom is -0.353 e. The molecule has 3 nitrogen and oxygen atoms in total. The number of hydrogen-bond acceptors (Lipinski definition) is 2. The highest BCUT2D eigenvalue weighted by atomic mass is 35.5. The van der Waals surface area contributed by atoms with Crippen LogP contribution in [0, 0.1) is 17.8 Å². The average molecular weight is 303 g/mol. The van der Waals surface area contributed by atoms with E-state index in [0.29, 0.717) is 24.3 Å². The monoisotopic (exact) mass is 302 g/mol. The van der Waals surface area contributed by atoms with E-state index in [1.165, 1.54) is 25.7 Å². The molecule has 2 fully saturated rings. The molecular formula is C16H31ClN2O. The average Bonchev–Trinajstić information content (AvgIpc) is 2.38. The Hall–Kier alpha value is -0.280. The van der Waals surface area contributed by atoms with E-state index in [0.717, 1.165) is 25.2 Å². The lowest BCUT2D eigenvalue weighted by molar-refractivity contribution is -0.123. The molecule has 20 heavy (non-hydrogen) atoms. The van der Waals surface area contributed by atoms with Crippen LogP contribution in [-0.2, 0) is 4.79 Å². The largest absolute Gasteiger partial charge is 0.353 e. The van der Waals surface area contributed by atoms with Crippen LogP contribution in [0.15, 0.2) is 0 Å². The lowest BCUT2D eigenvalue weighted by atomic mass is 9.77. The third kappa shape index (κ3) is 4.63. The number of hydrogen-bond donors (Lipinski definition) is 2. The van der Waals surface area contributed by atoms with Crippen LogP contribution in [0.2, 0.25) is 0 Å². The predicted molar refractivity (Wildman–Crippen MR) is 85.9 cm³/mol. The van der Waals surface area contributed by atoms with Crippen molar-refractivity contribution < 1.29 is 4.79 Å². The fourth-order valence-corrected chi connectivity index (χ4v) is 3.78. The SMILES string of the molecule is CC1CCCC(NC(=O)CC2CCCCC2N)C1C.Cl. The highest BCUT2D eigenvalue weighted by Crippen LogP contribution is 2.30. The van der Waals surface area contributed by atoms with Crippen molar-refractivity contribution in [2.45, 2.75) is 77.3 Å². The van der Waals surface area contributed by atoms with Crippen LogP contribution in [0.4, 0.5) is 0 Å². The lowest BCUT2D eigenvalue weighted by Crippen LogP contribution is -2.45. The summed E-state index contributed by atoms with van der Waals surface area (Å²) in [5.74, 6) is 1.98. The van der Waals surface area contributed by atoms with Gasteiger partial charge in [-0.25, -0.2) is 0 Å². The number of halogens is 1. The number of nitrogens with two attached hydrogens (primary N) is 1. The van der Waals surface area contributed by atoms with Gasteiger partial charge in [-0.3, -0.25) is 4.79 Å². The topological polar surface area (TPSA) is 55.1 Å². The smallest absolute Gasteiger partial charge is 0.220 e. The Morgan fingerprint density at radius 3 is 2.50 bits per heavy atom. The van der Waals surface area contributed by atoms with Crippen molar-refractivity contribution in [3.8, 4) is 0 Å². The summed E-state index contributed by atoms with van der Waals surface area (Å²) < 4.78 is 0. The van der Waals surface area contributed by atoms with E-state index in [4.69, 9.17) is 5.73 Å². The molecule has 0 aromatic carbocycles. The zero-order valence-corrected chi connectivity index (χ0v) is 13.8. The standard InChI is InChI=1S/C16H30N2O.ClH/c1-11-6-5-9-15(12(11)2)18-16(19)10-13-7-3-4-8-14(13)17;/h11-15H,3-10,17H2,1-2H3,(H,18,19);1H. The number of carbonyl (C=O) groups is 1. The van der Waals surface area contributed by atoms with Gasteiger partial charge in [-0.15, -0.1) is 12.4 Å². The molecule has 4 heteroatoms. The molecule has 2 saturated carbocycles. The minimum absolute atomic E-state index is 0. The van der Waals surface area contributed by atoms with Crippen LogP contribution in [0.25, 0.3) is 0 Å². The van der Waals surface area contributed by atoms with Gasteiger partial charge in [0.25, 0.3) is 0 Å². The van der Waals surface area contributed by atoms with Crippen molar-refractivity contribution in [2.24, 2.45) is 23.5 Å². The van der Waals surface area contributed by atoms with Gasteiger partial charge in [-0.05, 0) is 37.0 Å². The summed E-state index contributed by atoms with van der Waals surface area (Å²) in [5, 5.41) is 3.27.